The fraction of sp³-hybridized carbons (Fsp3) is 0.261. The number of methoxy groups -OCH3 is 2. The van der Waals surface area contributed by atoms with Crippen LogP contribution in [0.5, 0.6) is 11.5 Å². The summed E-state index contributed by atoms with van der Waals surface area (Å²) in [7, 11) is 3.08. The molecule has 3 rings (SSSR count). The molecule has 7 nitrogen and oxygen atoms in total. The van der Waals surface area contributed by atoms with Crippen molar-refractivity contribution in [2.24, 2.45) is 0 Å². The molecule has 160 valence electrons. The van der Waals surface area contributed by atoms with Gasteiger partial charge in [0.1, 0.15) is 0 Å². The van der Waals surface area contributed by atoms with Crippen molar-refractivity contribution >= 4 is 23.6 Å². The van der Waals surface area contributed by atoms with Crippen LogP contribution in [0.3, 0.4) is 0 Å². The Morgan fingerprint density at radius 1 is 1.19 bits per heavy atom. The molecule has 0 spiro atoms. The van der Waals surface area contributed by atoms with E-state index in [1.54, 1.807) is 19.2 Å². The Kier molecular flexibility index (Phi) is 7.57. The van der Waals surface area contributed by atoms with Gasteiger partial charge < -0.3 is 20.1 Å². The lowest BCUT2D eigenvalue weighted by Gasteiger charge is -2.25. The third-order valence-corrected chi connectivity index (χ3v) is 5.86. The first-order valence-corrected chi connectivity index (χ1v) is 10.6. The number of rotatable bonds is 8. The number of benzene rings is 2. The first-order chi connectivity index (χ1) is 15.0. The standard InChI is InChI=1S/C23H23N3O4S/c1-29-19-9-8-16(10-20(19)30-2)17-11-21(27)26-23(18(17)12-24)31-14-22(28)25-13-15-6-4-3-5-7-15/h3-10,17H,11,13-14H2,1-2H3,(H,25,28)(H,26,27). The number of ether oxygens (including phenoxy) is 2. The smallest absolute Gasteiger partial charge is 0.230 e. The van der Waals surface area contributed by atoms with E-state index in [0.29, 0.717) is 28.6 Å². The van der Waals surface area contributed by atoms with Crippen LogP contribution in [0.4, 0.5) is 0 Å². The summed E-state index contributed by atoms with van der Waals surface area (Å²) in [6, 6.07) is 17.1. The predicted molar refractivity (Wildman–Crippen MR) is 118 cm³/mol. The van der Waals surface area contributed by atoms with Gasteiger partial charge in [-0.1, -0.05) is 48.2 Å². The molecule has 0 fully saturated rings. The molecule has 1 unspecified atom stereocenters. The first kappa shape index (κ1) is 22.2. The number of nitrogens with one attached hydrogen (secondary N) is 2. The number of nitrogens with zero attached hydrogens (tertiary/aromatic N) is 1. The number of allylic oxidation sites excluding steroid dienone is 1. The van der Waals surface area contributed by atoms with Gasteiger partial charge in [0.05, 0.1) is 36.6 Å². The number of hydrogen-bond donors (Lipinski definition) is 2. The maximum atomic E-state index is 12.3. The fourth-order valence-corrected chi connectivity index (χ4v) is 4.18. The Bertz CT molecular complexity index is 1030. The van der Waals surface area contributed by atoms with E-state index in [0.717, 1.165) is 22.9 Å². The van der Waals surface area contributed by atoms with Crippen LogP contribution in [-0.2, 0) is 16.1 Å². The number of hydrogen-bond acceptors (Lipinski definition) is 6. The SMILES string of the molecule is COc1ccc(C2CC(=O)NC(SCC(=O)NCc3ccccc3)=C2C#N)cc1OC. The van der Waals surface area contributed by atoms with Crippen LogP contribution in [0.25, 0.3) is 0 Å². The second-order valence-electron chi connectivity index (χ2n) is 6.82. The summed E-state index contributed by atoms with van der Waals surface area (Å²) < 4.78 is 10.6. The molecule has 2 N–H and O–H groups in total. The normalized spacial score (nSPS) is 15.6. The third-order valence-electron chi connectivity index (χ3n) is 4.85. The number of nitriles is 1. The lowest BCUT2D eigenvalue weighted by atomic mass is 9.87. The van der Waals surface area contributed by atoms with E-state index in [1.807, 2.05) is 36.4 Å². The molecule has 2 amide bonds. The van der Waals surface area contributed by atoms with Gasteiger partial charge in [-0.15, -0.1) is 0 Å². The number of carbonyl (C=O) groups is 2. The van der Waals surface area contributed by atoms with Gasteiger partial charge in [0.25, 0.3) is 0 Å². The van der Waals surface area contributed by atoms with Crippen molar-refractivity contribution in [1.29, 1.82) is 5.26 Å². The molecule has 31 heavy (non-hydrogen) atoms. The van der Waals surface area contributed by atoms with Crippen LogP contribution in [0.1, 0.15) is 23.5 Å². The molecule has 0 aromatic heterocycles. The van der Waals surface area contributed by atoms with Crippen LogP contribution in [0, 0.1) is 11.3 Å². The van der Waals surface area contributed by atoms with E-state index in [2.05, 4.69) is 16.7 Å². The summed E-state index contributed by atoms with van der Waals surface area (Å²) >= 11 is 1.15. The third kappa shape index (κ3) is 5.58. The van der Waals surface area contributed by atoms with Crippen molar-refractivity contribution in [2.75, 3.05) is 20.0 Å². The molecule has 1 aliphatic heterocycles. The first-order valence-electron chi connectivity index (χ1n) is 9.65. The second kappa shape index (κ2) is 10.5. The number of amides is 2. The molecular formula is C23H23N3O4S. The van der Waals surface area contributed by atoms with Crippen molar-refractivity contribution in [1.82, 2.24) is 10.6 Å². The van der Waals surface area contributed by atoms with Crippen molar-refractivity contribution in [3.8, 4) is 17.6 Å². The Morgan fingerprint density at radius 2 is 1.94 bits per heavy atom. The van der Waals surface area contributed by atoms with Gasteiger partial charge in [0.15, 0.2) is 11.5 Å². The average Bonchev–Trinajstić information content (AvgIpc) is 2.81. The number of carbonyl (C=O) groups excluding carboxylic acids is 2. The zero-order valence-corrected chi connectivity index (χ0v) is 18.1. The minimum absolute atomic E-state index is 0.0896. The summed E-state index contributed by atoms with van der Waals surface area (Å²) in [4.78, 5) is 24.6. The van der Waals surface area contributed by atoms with Gasteiger partial charge in [-0.05, 0) is 23.3 Å². The predicted octanol–water partition coefficient (Wildman–Crippen LogP) is 3.09. The molecule has 1 heterocycles. The highest BCUT2D eigenvalue weighted by molar-refractivity contribution is 8.03. The summed E-state index contributed by atoms with van der Waals surface area (Å²) in [6.45, 7) is 0.422. The van der Waals surface area contributed by atoms with Crippen LogP contribution in [-0.4, -0.2) is 31.8 Å². The molecule has 0 saturated heterocycles. The lowest BCUT2D eigenvalue weighted by molar-refractivity contribution is -0.121. The topological polar surface area (TPSA) is 100 Å². The van der Waals surface area contributed by atoms with Crippen molar-refractivity contribution in [2.45, 2.75) is 18.9 Å². The highest BCUT2D eigenvalue weighted by atomic mass is 32.2. The zero-order valence-electron chi connectivity index (χ0n) is 17.3. The van der Waals surface area contributed by atoms with Gasteiger partial charge in [-0.25, -0.2) is 0 Å². The van der Waals surface area contributed by atoms with E-state index in [1.165, 1.54) is 7.11 Å². The van der Waals surface area contributed by atoms with Gasteiger partial charge in [-0.2, -0.15) is 5.26 Å². The van der Waals surface area contributed by atoms with E-state index >= 15 is 0 Å². The molecule has 0 radical (unpaired) electrons. The Morgan fingerprint density at radius 3 is 2.61 bits per heavy atom. The highest BCUT2D eigenvalue weighted by Gasteiger charge is 2.30. The second-order valence-corrected chi connectivity index (χ2v) is 7.81. The van der Waals surface area contributed by atoms with Gasteiger partial charge in [0.2, 0.25) is 11.8 Å². The van der Waals surface area contributed by atoms with Gasteiger partial charge >= 0.3 is 0 Å². The fourth-order valence-electron chi connectivity index (χ4n) is 3.27. The summed E-state index contributed by atoms with van der Waals surface area (Å²) in [6.07, 6.45) is 0.142. The van der Waals surface area contributed by atoms with E-state index in [-0.39, 0.29) is 24.0 Å². The molecule has 1 aliphatic rings. The molecule has 2 aromatic carbocycles. The molecule has 8 heteroatoms. The quantitative estimate of drug-likeness (QED) is 0.658. The molecule has 0 aliphatic carbocycles. The Hall–Kier alpha value is -3.44. The highest BCUT2D eigenvalue weighted by Crippen LogP contribution is 2.39. The van der Waals surface area contributed by atoms with E-state index in [4.69, 9.17) is 9.47 Å². The van der Waals surface area contributed by atoms with Crippen molar-refractivity contribution in [3.05, 3.63) is 70.3 Å². The summed E-state index contributed by atoms with van der Waals surface area (Å²) in [5, 5.41) is 15.8. The number of thioether (sulfide) groups is 1. The summed E-state index contributed by atoms with van der Waals surface area (Å²) in [5.41, 5.74) is 2.20. The Labute approximate surface area is 185 Å². The van der Waals surface area contributed by atoms with Crippen molar-refractivity contribution in [3.63, 3.8) is 0 Å². The zero-order chi connectivity index (χ0) is 22.2. The maximum Gasteiger partial charge on any atom is 0.230 e. The largest absolute Gasteiger partial charge is 0.493 e. The van der Waals surface area contributed by atoms with Gasteiger partial charge in [0, 0.05) is 18.9 Å². The molecule has 2 aromatic rings. The van der Waals surface area contributed by atoms with Crippen LogP contribution >= 0.6 is 11.8 Å². The maximum absolute atomic E-state index is 12.3. The van der Waals surface area contributed by atoms with Crippen LogP contribution < -0.4 is 20.1 Å². The van der Waals surface area contributed by atoms with E-state index < -0.39 is 5.92 Å². The monoisotopic (exact) mass is 437 g/mol. The van der Waals surface area contributed by atoms with Crippen LogP contribution in [0.2, 0.25) is 0 Å². The molecular weight excluding hydrogens is 414 g/mol. The minimum Gasteiger partial charge on any atom is -0.493 e. The molecule has 0 bridgehead atoms. The minimum atomic E-state index is -0.423. The van der Waals surface area contributed by atoms with Crippen molar-refractivity contribution < 1.29 is 19.1 Å². The lowest BCUT2D eigenvalue weighted by Crippen LogP contribution is -2.32. The molecule has 1 atom stereocenters. The molecule has 0 saturated carbocycles. The van der Waals surface area contributed by atoms with Gasteiger partial charge in [-0.3, -0.25) is 9.59 Å². The summed E-state index contributed by atoms with van der Waals surface area (Å²) in [5.74, 6) is 0.378. The Balaban J connectivity index is 1.74. The van der Waals surface area contributed by atoms with E-state index in [9.17, 15) is 14.9 Å². The van der Waals surface area contributed by atoms with Crippen LogP contribution in [0.15, 0.2) is 59.1 Å². The average molecular weight is 438 g/mol.